The van der Waals surface area contributed by atoms with E-state index in [4.69, 9.17) is 9.47 Å². The predicted molar refractivity (Wildman–Crippen MR) is 158 cm³/mol. The summed E-state index contributed by atoms with van der Waals surface area (Å²) in [7, 11) is 0. The van der Waals surface area contributed by atoms with Crippen LogP contribution in [0.4, 0.5) is 5.69 Å². The number of ether oxygens (including phenoxy) is 2. The normalized spacial score (nSPS) is 13.9. The molecule has 0 fully saturated rings. The molecule has 0 atom stereocenters. The number of fused-ring (bicyclic) bond motifs is 3. The largest absolute Gasteiger partial charge is 0.491 e. The average molecular weight is 522 g/mol. The molecule has 38 heavy (non-hydrogen) atoms. The van der Waals surface area contributed by atoms with Crippen LogP contribution in [-0.2, 0) is 6.54 Å². The van der Waals surface area contributed by atoms with Gasteiger partial charge in [0.1, 0.15) is 23.6 Å². The maximum absolute atomic E-state index is 6.50. The number of hydrogen-bond acceptors (Lipinski definition) is 4. The highest BCUT2D eigenvalue weighted by molar-refractivity contribution is 7.18. The van der Waals surface area contributed by atoms with Crippen LogP contribution in [0, 0.1) is 27.7 Å². The van der Waals surface area contributed by atoms with Crippen LogP contribution in [0.5, 0.6) is 11.5 Å². The van der Waals surface area contributed by atoms with Crippen molar-refractivity contribution in [2.75, 3.05) is 18.1 Å². The van der Waals surface area contributed by atoms with E-state index in [-0.39, 0.29) is 0 Å². The third kappa shape index (κ3) is 4.31. The van der Waals surface area contributed by atoms with Gasteiger partial charge in [-0.05, 0) is 86.5 Å². The molecule has 5 heteroatoms. The van der Waals surface area contributed by atoms with Gasteiger partial charge >= 0.3 is 0 Å². The number of anilines is 1. The van der Waals surface area contributed by atoms with Crippen LogP contribution in [0.1, 0.15) is 34.2 Å². The van der Waals surface area contributed by atoms with E-state index < -0.39 is 0 Å². The van der Waals surface area contributed by atoms with Crippen LogP contribution in [0.25, 0.3) is 27.1 Å². The van der Waals surface area contributed by atoms with Gasteiger partial charge in [0.05, 0.1) is 18.3 Å². The molecule has 0 bridgehead atoms. The highest BCUT2D eigenvalue weighted by Crippen LogP contribution is 2.41. The van der Waals surface area contributed by atoms with Crippen LogP contribution in [0.3, 0.4) is 0 Å². The second-order valence-electron chi connectivity index (χ2n) is 10.1. The molecule has 192 valence electrons. The van der Waals surface area contributed by atoms with Crippen molar-refractivity contribution >= 4 is 44.1 Å². The first-order valence-corrected chi connectivity index (χ1v) is 14.1. The van der Waals surface area contributed by atoms with Gasteiger partial charge in [-0.15, -0.1) is 0 Å². The summed E-state index contributed by atoms with van der Waals surface area (Å²) in [5.41, 5.74) is 7.50. The number of rotatable bonds is 6. The Morgan fingerprint density at radius 1 is 0.895 bits per heavy atom. The molecule has 0 saturated carbocycles. The summed E-state index contributed by atoms with van der Waals surface area (Å²) in [6, 6.07) is 23.6. The molecule has 0 spiro atoms. The number of thiazole rings is 1. The fraction of sp³-hybridized carbons (Fsp3) is 0.242. The third-order valence-electron chi connectivity index (χ3n) is 7.58. The van der Waals surface area contributed by atoms with Crippen molar-refractivity contribution in [3.05, 3.63) is 99.9 Å². The first-order valence-electron chi connectivity index (χ1n) is 13.3. The SMILES string of the molecule is CC[n+]1c(C=C2Oc3cc(C)c(C)cc3N2CCOc2cccc3ccccc23)sc2cc(C)c(C)cc21. The Hall–Kier alpha value is -3.83. The van der Waals surface area contributed by atoms with Gasteiger partial charge in [0.2, 0.25) is 11.4 Å². The van der Waals surface area contributed by atoms with Crippen LogP contribution < -0.4 is 18.9 Å². The van der Waals surface area contributed by atoms with Crippen molar-refractivity contribution < 1.29 is 14.0 Å². The summed E-state index contributed by atoms with van der Waals surface area (Å²) in [4.78, 5) is 2.26. The Morgan fingerprint density at radius 3 is 2.47 bits per heavy atom. The molecule has 0 N–H and O–H groups in total. The van der Waals surface area contributed by atoms with Gasteiger partial charge in [0.25, 0.3) is 5.01 Å². The molecular formula is C33H33N2O2S+. The van der Waals surface area contributed by atoms with Gasteiger partial charge in [0, 0.05) is 11.5 Å². The zero-order chi connectivity index (χ0) is 26.4. The Balaban J connectivity index is 1.36. The van der Waals surface area contributed by atoms with E-state index in [1.165, 1.54) is 42.9 Å². The number of nitrogens with zero attached hydrogens (tertiary/aromatic N) is 2. The molecular weight excluding hydrogens is 488 g/mol. The average Bonchev–Trinajstić information content (AvgIpc) is 3.41. The lowest BCUT2D eigenvalue weighted by molar-refractivity contribution is -0.665. The Morgan fingerprint density at radius 2 is 1.63 bits per heavy atom. The van der Waals surface area contributed by atoms with Crippen LogP contribution in [0.15, 0.2) is 72.6 Å². The van der Waals surface area contributed by atoms with Crippen molar-refractivity contribution in [2.45, 2.75) is 41.2 Å². The molecule has 0 radical (unpaired) electrons. The lowest BCUT2D eigenvalue weighted by atomic mass is 10.1. The van der Waals surface area contributed by atoms with Crippen molar-refractivity contribution in [2.24, 2.45) is 0 Å². The summed E-state index contributed by atoms with van der Waals surface area (Å²) in [6.07, 6.45) is 2.20. The molecule has 1 aromatic heterocycles. The molecule has 0 aliphatic carbocycles. The van der Waals surface area contributed by atoms with Crippen molar-refractivity contribution in [1.82, 2.24) is 0 Å². The van der Waals surface area contributed by atoms with Crippen molar-refractivity contribution in [1.29, 1.82) is 0 Å². The Labute approximate surface area is 228 Å². The summed E-state index contributed by atoms with van der Waals surface area (Å²) in [6.45, 7) is 13.0. The van der Waals surface area contributed by atoms with Gasteiger partial charge in [-0.3, -0.25) is 0 Å². The first-order chi connectivity index (χ1) is 18.4. The second kappa shape index (κ2) is 9.80. The number of aromatic nitrogens is 1. The minimum atomic E-state index is 0.541. The second-order valence-corrected chi connectivity index (χ2v) is 11.1. The van der Waals surface area contributed by atoms with E-state index in [0.717, 1.165) is 35.0 Å². The summed E-state index contributed by atoms with van der Waals surface area (Å²) < 4.78 is 16.5. The smallest absolute Gasteiger partial charge is 0.268 e. The maximum atomic E-state index is 6.50. The van der Waals surface area contributed by atoms with Crippen LogP contribution in [0.2, 0.25) is 0 Å². The van der Waals surface area contributed by atoms with Crippen molar-refractivity contribution in [3.8, 4) is 11.5 Å². The van der Waals surface area contributed by atoms with E-state index in [1.54, 1.807) is 0 Å². The molecule has 0 unspecified atom stereocenters. The maximum Gasteiger partial charge on any atom is 0.268 e. The number of aryl methyl sites for hydroxylation is 5. The highest BCUT2D eigenvalue weighted by Gasteiger charge is 2.29. The molecule has 1 aliphatic rings. The lowest BCUT2D eigenvalue weighted by Crippen LogP contribution is -2.34. The van der Waals surface area contributed by atoms with E-state index in [0.29, 0.717) is 13.2 Å². The summed E-state index contributed by atoms with van der Waals surface area (Å²) in [5.74, 6) is 2.65. The molecule has 0 amide bonds. The highest BCUT2D eigenvalue weighted by atomic mass is 32.1. The number of benzene rings is 4. The minimum Gasteiger partial charge on any atom is -0.491 e. The Bertz CT molecular complexity index is 1710. The minimum absolute atomic E-state index is 0.541. The van der Waals surface area contributed by atoms with Gasteiger partial charge in [-0.25, -0.2) is 0 Å². The van der Waals surface area contributed by atoms with E-state index >= 15 is 0 Å². The van der Waals surface area contributed by atoms with Gasteiger partial charge < -0.3 is 14.4 Å². The molecule has 4 nitrogen and oxygen atoms in total. The summed E-state index contributed by atoms with van der Waals surface area (Å²) in [5, 5.41) is 3.50. The topological polar surface area (TPSA) is 25.6 Å². The standard InChI is InChI=1S/C33H33N2O2S/c1-6-34-28-17-22(3)24(5)19-31(28)38-33(34)20-32-35(27-16-21(2)23(4)18-30(27)37-32)14-15-36-29-13-9-11-25-10-7-8-12-26(25)29/h7-13,16-20H,6,14-15H2,1-5H3/q+1. The van der Waals surface area contributed by atoms with Crippen LogP contribution >= 0.6 is 11.3 Å². The molecule has 6 rings (SSSR count). The van der Waals surface area contributed by atoms with E-state index in [1.807, 2.05) is 17.4 Å². The molecule has 0 saturated heterocycles. The monoisotopic (exact) mass is 521 g/mol. The van der Waals surface area contributed by atoms with Gasteiger partial charge in [0.15, 0.2) is 5.75 Å². The third-order valence-corrected chi connectivity index (χ3v) is 8.67. The number of hydrogen-bond donors (Lipinski definition) is 0. The fourth-order valence-electron chi connectivity index (χ4n) is 5.15. The molecule has 5 aromatic rings. The molecule has 4 aromatic carbocycles. The van der Waals surface area contributed by atoms with Crippen molar-refractivity contribution in [3.63, 3.8) is 0 Å². The zero-order valence-corrected chi connectivity index (χ0v) is 23.5. The fourth-order valence-corrected chi connectivity index (χ4v) is 6.38. The first kappa shape index (κ1) is 24.5. The Kier molecular flexibility index (Phi) is 6.32. The van der Waals surface area contributed by atoms with Gasteiger partial charge in [-0.1, -0.05) is 47.7 Å². The van der Waals surface area contributed by atoms with Gasteiger partial charge in [-0.2, -0.15) is 4.57 Å². The molecule has 2 heterocycles. The molecule has 1 aliphatic heterocycles. The zero-order valence-electron chi connectivity index (χ0n) is 22.7. The lowest BCUT2D eigenvalue weighted by Gasteiger charge is -2.19. The van der Waals surface area contributed by atoms with E-state index in [2.05, 4.69) is 111 Å². The predicted octanol–water partition coefficient (Wildman–Crippen LogP) is 7.87. The van der Waals surface area contributed by atoms with E-state index in [9.17, 15) is 0 Å². The quantitative estimate of drug-likeness (QED) is 0.213. The van der Waals surface area contributed by atoms with Crippen LogP contribution in [-0.4, -0.2) is 13.2 Å². The summed E-state index contributed by atoms with van der Waals surface area (Å²) >= 11 is 1.82.